The number of nitrogens with two attached hydrogens (primary N) is 1. The third-order valence-corrected chi connectivity index (χ3v) is 5.58. The first-order valence-electron chi connectivity index (χ1n) is 8.23. The predicted octanol–water partition coefficient (Wildman–Crippen LogP) is 0.147. The molecule has 1 fully saturated rings. The first kappa shape index (κ1) is 17.5. The molecule has 0 saturated carbocycles. The Balaban J connectivity index is 1.80. The smallest absolute Gasteiger partial charge is 0.238 e. The number of sulfonamides is 1. The molecule has 2 aromatic heterocycles. The summed E-state index contributed by atoms with van der Waals surface area (Å²) >= 11 is 0. The van der Waals surface area contributed by atoms with E-state index in [0.29, 0.717) is 11.1 Å². The average molecular weight is 387 g/mol. The van der Waals surface area contributed by atoms with E-state index >= 15 is 0 Å². The molecule has 1 atom stereocenters. The molecule has 4 N–H and O–H groups in total. The number of hydrogen-bond acceptors (Lipinski definition) is 8. The molecule has 27 heavy (non-hydrogen) atoms. The first-order chi connectivity index (χ1) is 13.0. The van der Waals surface area contributed by atoms with Gasteiger partial charge in [0.1, 0.15) is 5.82 Å². The zero-order valence-electron chi connectivity index (χ0n) is 14.1. The molecular weight excluding hydrogens is 370 g/mol. The van der Waals surface area contributed by atoms with Gasteiger partial charge in [0.25, 0.3) is 0 Å². The quantitative estimate of drug-likeness (QED) is 0.559. The van der Waals surface area contributed by atoms with Crippen molar-refractivity contribution in [3.8, 4) is 22.5 Å². The van der Waals surface area contributed by atoms with Gasteiger partial charge in [0.15, 0.2) is 5.82 Å². The van der Waals surface area contributed by atoms with Crippen LogP contribution in [0, 0.1) is 0 Å². The summed E-state index contributed by atoms with van der Waals surface area (Å²) in [4.78, 5) is 6.40. The van der Waals surface area contributed by atoms with Crippen LogP contribution in [0.2, 0.25) is 0 Å². The molecule has 10 nitrogen and oxygen atoms in total. The molecule has 0 aliphatic carbocycles. The minimum Gasteiger partial charge on any atom is -0.394 e. The van der Waals surface area contributed by atoms with E-state index in [4.69, 9.17) is 5.14 Å². The molecule has 4 rings (SSSR count). The van der Waals surface area contributed by atoms with Crippen molar-refractivity contribution in [3.05, 3.63) is 36.5 Å². The van der Waals surface area contributed by atoms with E-state index in [9.17, 15) is 13.5 Å². The van der Waals surface area contributed by atoms with Crippen LogP contribution in [0.4, 0.5) is 5.82 Å². The van der Waals surface area contributed by atoms with Crippen molar-refractivity contribution in [2.45, 2.75) is 17.4 Å². The summed E-state index contributed by atoms with van der Waals surface area (Å²) in [5.74, 6) is 0.955. The second-order valence-electron chi connectivity index (χ2n) is 6.20. The highest BCUT2D eigenvalue weighted by molar-refractivity contribution is 7.89. The number of tetrazole rings is 1. The maximum Gasteiger partial charge on any atom is 0.238 e. The number of H-pyrrole nitrogens is 1. The number of aliphatic hydroxyl groups is 1. The molecule has 0 radical (unpaired) electrons. The molecule has 3 heterocycles. The molecular formula is C16H17N7O3S. The zero-order chi connectivity index (χ0) is 19.0. The van der Waals surface area contributed by atoms with Gasteiger partial charge in [-0.15, -0.1) is 5.10 Å². The largest absolute Gasteiger partial charge is 0.394 e. The molecule has 0 unspecified atom stereocenters. The van der Waals surface area contributed by atoms with Gasteiger partial charge in [-0.2, -0.15) is 0 Å². The van der Waals surface area contributed by atoms with Gasteiger partial charge in [0.2, 0.25) is 10.0 Å². The average Bonchev–Trinajstić information content (AvgIpc) is 3.15. The number of aliphatic hydroxyl groups excluding tert-OH is 1. The molecule has 140 valence electrons. The van der Waals surface area contributed by atoms with Gasteiger partial charge in [0.05, 0.1) is 17.5 Å². The number of aromatic nitrogens is 5. The Morgan fingerprint density at radius 2 is 2.15 bits per heavy atom. The number of nitrogens with one attached hydrogen (secondary N) is 1. The van der Waals surface area contributed by atoms with Crippen LogP contribution in [0.3, 0.4) is 0 Å². The fourth-order valence-corrected chi connectivity index (χ4v) is 3.93. The predicted molar refractivity (Wildman–Crippen MR) is 97.1 cm³/mol. The maximum atomic E-state index is 12.0. The first-order valence-corrected chi connectivity index (χ1v) is 9.77. The summed E-state index contributed by atoms with van der Waals surface area (Å²) in [6.07, 6.45) is 2.58. The Morgan fingerprint density at radius 1 is 1.30 bits per heavy atom. The lowest BCUT2D eigenvalue weighted by Crippen LogP contribution is -2.50. The van der Waals surface area contributed by atoms with E-state index in [2.05, 4.69) is 25.6 Å². The molecule has 0 spiro atoms. The number of benzene rings is 1. The Kier molecular flexibility index (Phi) is 4.34. The number of primary sulfonamides is 1. The van der Waals surface area contributed by atoms with Crippen LogP contribution < -0.4 is 10.0 Å². The van der Waals surface area contributed by atoms with Crippen molar-refractivity contribution in [3.63, 3.8) is 0 Å². The standard InChI is InChI=1S/C16H17N7O3S/c17-27(25,26)13-3-1-2-12(15(13)16-19-21-22-20-16)10-4-5-14(18-8-10)23-7-6-11(23)9-24/h1-5,8,11,24H,6-7,9H2,(H2,17,25,26)(H,19,20,21,22)/t11-/m0/s1. The maximum absolute atomic E-state index is 12.0. The van der Waals surface area contributed by atoms with Crippen LogP contribution in [0.1, 0.15) is 6.42 Å². The summed E-state index contributed by atoms with van der Waals surface area (Å²) in [5, 5.41) is 28.2. The number of nitrogens with zero attached hydrogens (tertiary/aromatic N) is 5. The molecule has 1 aromatic carbocycles. The third kappa shape index (κ3) is 3.16. The zero-order valence-corrected chi connectivity index (χ0v) is 15.0. The summed E-state index contributed by atoms with van der Waals surface area (Å²) in [6.45, 7) is 0.927. The highest BCUT2D eigenvalue weighted by Gasteiger charge is 2.28. The van der Waals surface area contributed by atoms with Crippen LogP contribution in [-0.2, 0) is 10.0 Å². The van der Waals surface area contributed by atoms with Gasteiger partial charge in [-0.3, -0.25) is 0 Å². The normalized spacial score (nSPS) is 17.0. The minimum absolute atomic E-state index is 0.0780. The Morgan fingerprint density at radius 3 is 2.70 bits per heavy atom. The number of anilines is 1. The minimum atomic E-state index is -3.99. The monoisotopic (exact) mass is 387 g/mol. The van der Waals surface area contributed by atoms with Crippen LogP contribution in [-0.4, -0.2) is 58.3 Å². The Bertz CT molecular complexity index is 1050. The van der Waals surface area contributed by atoms with Crippen LogP contribution in [0.5, 0.6) is 0 Å². The molecule has 1 saturated heterocycles. The fraction of sp³-hybridized carbons (Fsp3) is 0.250. The van der Waals surface area contributed by atoms with E-state index < -0.39 is 10.0 Å². The van der Waals surface area contributed by atoms with E-state index in [0.717, 1.165) is 18.8 Å². The Labute approximate surface area is 155 Å². The van der Waals surface area contributed by atoms with Gasteiger partial charge in [-0.25, -0.2) is 23.6 Å². The number of aromatic amines is 1. The second kappa shape index (κ2) is 6.68. The van der Waals surface area contributed by atoms with Crippen molar-refractivity contribution in [1.82, 2.24) is 25.6 Å². The fourth-order valence-electron chi connectivity index (χ4n) is 3.17. The molecule has 1 aliphatic heterocycles. The molecule has 0 amide bonds. The molecule has 3 aromatic rings. The van der Waals surface area contributed by atoms with Crippen molar-refractivity contribution in [2.75, 3.05) is 18.1 Å². The lowest BCUT2D eigenvalue weighted by molar-refractivity contribution is 0.225. The lowest BCUT2D eigenvalue weighted by Gasteiger charge is -2.40. The molecule has 1 aliphatic rings. The van der Waals surface area contributed by atoms with Crippen molar-refractivity contribution < 1.29 is 13.5 Å². The van der Waals surface area contributed by atoms with Gasteiger partial charge < -0.3 is 10.0 Å². The highest BCUT2D eigenvalue weighted by atomic mass is 32.2. The van der Waals surface area contributed by atoms with Gasteiger partial charge in [-0.05, 0) is 40.6 Å². The summed E-state index contributed by atoms with van der Waals surface area (Å²) < 4.78 is 24.1. The van der Waals surface area contributed by atoms with Crippen molar-refractivity contribution in [1.29, 1.82) is 0 Å². The summed E-state index contributed by atoms with van der Waals surface area (Å²) in [5.41, 5.74) is 1.56. The summed E-state index contributed by atoms with van der Waals surface area (Å²) in [7, 11) is -3.99. The van der Waals surface area contributed by atoms with Gasteiger partial charge in [0, 0.05) is 23.9 Å². The van der Waals surface area contributed by atoms with E-state index in [1.54, 1.807) is 18.3 Å². The van der Waals surface area contributed by atoms with Crippen LogP contribution in [0.15, 0.2) is 41.4 Å². The van der Waals surface area contributed by atoms with Crippen LogP contribution in [0.25, 0.3) is 22.5 Å². The lowest BCUT2D eigenvalue weighted by atomic mass is 10.00. The molecule has 0 bridgehead atoms. The second-order valence-corrected chi connectivity index (χ2v) is 7.73. The SMILES string of the molecule is NS(=O)(=O)c1cccc(-c2ccc(N3CC[C@H]3CO)nc2)c1-c1nnn[nH]1. The number of hydrogen-bond donors (Lipinski definition) is 3. The number of pyridine rings is 1. The third-order valence-electron chi connectivity index (χ3n) is 4.62. The van der Waals surface area contributed by atoms with Crippen molar-refractivity contribution >= 4 is 15.8 Å². The van der Waals surface area contributed by atoms with Crippen LogP contribution >= 0.6 is 0 Å². The Hall–Kier alpha value is -2.89. The topological polar surface area (TPSA) is 151 Å². The van der Waals surface area contributed by atoms with Gasteiger partial charge in [-0.1, -0.05) is 12.1 Å². The van der Waals surface area contributed by atoms with E-state index in [-0.39, 0.29) is 28.9 Å². The highest BCUT2D eigenvalue weighted by Crippen LogP contribution is 2.35. The molecule has 11 heteroatoms. The number of rotatable bonds is 5. The van der Waals surface area contributed by atoms with E-state index in [1.807, 2.05) is 17.0 Å². The summed E-state index contributed by atoms with van der Waals surface area (Å²) in [6, 6.07) is 8.53. The van der Waals surface area contributed by atoms with E-state index in [1.165, 1.54) is 6.07 Å². The van der Waals surface area contributed by atoms with Gasteiger partial charge >= 0.3 is 0 Å². The van der Waals surface area contributed by atoms with Crippen molar-refractivity contribution in [2.24, 2.45) is 5.14 Å².